The molecule has 1 heterocycles. The van der Waals surface area contributed by atoms with Crippen molar-refractivity contribution in [1.82, 2.24) is 14.9 Å². The number of ether oxygens (including phenoxy) is 4. The van der Waals surface area contributed by atoms with Crippen LogP contribution in [0, 0.1) is 4.77 Å². The lowest BCUT2D eigenvalue weighted by atomic mass is 10.2. The van der Waals surface area contributed by atoms with Gasteiger partial charge in [0.05, 0.1) is 34.7 Å². The van der Waals surface area contributed by atoms with E-state index < -0.39 is 0 Å². The number of nitrogens with zero attached hydrogens (tertiary/aromatic N) is 3. The van der Waals surface area contributed by atoms with Crippen molar-refractivity contribution < 1.29 is 18.9 Å². The maximum absolute atomic E-state index is 5.48. The summed E-state index contributed by atoms with van der Waals surface area (Å²) in [5, 5.41) is 11.5. The van der Waals surface area contributed by atoms with Gasteiger partial charge in [-0.2, -0.15) is 14.9 Å². The van der Waals surface area contributed by atoms with Gasteiger partial charge in [0.2, 0.25) is 10.5 Å². The molecule has 0 aliphatic heterocycles. The van der Waals surface area contributed by atoms with E-state index >= 15 is 0 Å². The predicted octanol–water partition coefficient (Wildman–Crippen LogP) is 3.52. The van der Waals surface area contributed by atoms with E-state index in [1.807, 2.05) is 30.3 Å². The van der Waals surface area contributed by atoms with Crippen molar-refractivity contribution >= 4 is 18.4 Å². The topological polar surface area (TPSA) is 82.9 Å². The lowest BCUT2D eigenvalue weighted by molar-refractivity contribution is 0.324. The van der Waals surface area contributed by atoms with Crippen LogP contribution in [-0.2, 0) is 0 Å². The molecule has 0 atom stereocenters. The summed E-state index contributed by atoms with van der Waals surface area (Å²) in [7, 11) is 6.28. The van der Waals surface area contributed by atoms with Crippen molar-refractivity contribution in [3.05, 3.63) is 46.7 Å². The summed E-state index contributed by atoms with van der Waals surface area (Å²) in [6.45, 7) is 0. The normalized spacial score (nSPS) is 10.9. The molecule has 0 saturated heterocycles. The maximum Gasteiger partial charge on any atom is 0.216 e. The molecular formula is C19H20N4O4S. The van der Waals surface area contributed by atoms with Crippen LogP contribution in [0.4, 0.5) is 0 Å². The van der Waals surface area contributed by atoms with Crippen LogP contribution in [0.3, 0.4) is 0 Å². The van der Waals surface area contributed by atoms with Gasteiger partial charge in [0.1, 0.15) is 5.75 Å². The van der Waals surface area contributed by atoms with Crippen molar-refractivity contribution in [1.29, 1.82) is 0 Å². The van der Waals surface area contributed by atoms with Gasteiger partial charge in [0, 0.05) is 11.1 Å². The molecule has 9 heteroatoms. The van der Waals surface area contributed by atoms with Crippen molar-refractivity contribution in [3.8, 4) is 34.4 Å². The van der Waals surface area contributed by atoms with Gasteiger partial charge in [0.25, 0.3) is 0 Å². The summed E-state index contributed by atoms with van der Waals surface area (Å²) < 4.78 is 23.4. The third kappa shape index (κ3) is 3.70. The van der Waals surface area contributed by atoms with Crippen LogP contribution in [0.15, 0.2) is 41.5 Å². The van der Waals surface area contributed by atoms with Gasteiger partial charge in [-0.15, -0.1) is 0 Å². The molecule has 3 rings (SSSR count). The van der Waals surface area contributed by atoms with Gasteiger partial charge in [-0.05, 0) is 36.5 Å². The van der Waals surface area contributed by atoms with Gasteiger partial charge >= 0.3 is 0 Å². The third-order valence-corrected chi connectivity index (χ3v) is 4.29. The molecule has 0 aliphatic carbocycles. The monoisotopic (exact) mass is 400 g/mol. The van der Waals surface area contributed by atoms with E-state index in [0.29, 0.717) is 39.2 Å². The molecule has 8 nitrogen and oxygen atoms in total. The zero-order valence-corrected chi connectivity index (χ0v) is 16.7. The number of nitrogens with one attached hydrogen (secondary N) is 1. The van der Waals surface area contributed by atoms with Crippen LogP contribution in [-0.4, -0.2) is 49.5 Å². The highest BCUT2D eigenvalue weighted by atomic mass is 32.1. The molecule has 1 N–H and O–H groups in total. The number of aromatic amines is 1. The van der Waals surface area contributed by atoms with Crippen LogP contribution in [0.25, 0.3) is 11.4 Å². The fourth-order valence-corrected chi connectivity index (χ4v) is 2.87. The summed E-state index contributed by atoms with van der Waals surface area (Å²) in [4.78, 5) is 0. The third-order valence-electron chi connectivity index (χ3n) is 4.03. The van der Waals surface area contributed by atoms with Crippen molar-refractivity contribution in [2.45, 2.75) is 0 Å². The molecule has 0 fully saturated rings. The first-order valence-electron chi connectivity index (χ1n) is 8.28. The van der Waals surface area contributed by atoms with E-state index in [4.69, 9.17) is 31.2 Å². The van der Waals surface area contributed by atoms with Gasteiger partial charge in [-0.1, -0.05) is 12.1 Å². The van der Waals surface area contributed by atoms with Crippen LogP contribution in [0.1, 0.15) is 5.56 Å². The molecule has 0 saturated carbocycles. The van der Waals surface area contributed by atoms with E-state index in [1.165, 1.54) is 4.68 Å². The number of hydrogen-bond acceptors (Lipinski definition) is 7. The van der Waals surface area contributed by atoms with Gasteiger partial charge in [-0.3, -0.25) is 0 Å². The number of rotatable bonds is 7. The van der Waals surface area contributed by atoms with E-state index in [9.17, 15) is 0 Å². The first kappa shape index (κ1) is 19.4. The summed E-state index contributed by atoms with van der Waals surface area (Å²) in [6.07, 6.45) is 1.62. The molecule has 1 aromatic heterocycles. The Morgan fingerprint density at radius 2 is 1.79 bits per heavy atom. The van der Waals surface area contributed by atoms with Crippen molar-refractivity contribution in [3.63, 3.8) is 0 Å². The van der Waals surface area contributed by atoms with Gasteiger partial charge in [-0.25, -0.2) is 5.10 Å². The molecule has 0 unspecified atom stereocenters. The molecule has 3 aromatic rings. The summed E-state index contributed by atoms with van der Waals surface area (Å²) >= 11 is 5.32. The lowest BCUT2D eigenvalue weighted by Gasteiger charge is -2.13. The Kier molecular flexibility index (Phi) is 5.95. The SMILES string of the molecule is COc1cccc(-c2n[nH]c(=S)n2N=Cc2ccc(OC)c(OC)c2OC)c1. The zero-order chi connectivity index (χ0) is 20.1. The average Bonchev–Trinajstić information content (AvgIpc) is 3.11. The molecule has 0 radical (unpaired) electrons. The van der Waals surface area contributed by atoms with Crippen LogP contribution < -0.4 is 18.9 Å². The molecule has 0 bridgehead atoms. The maximum atomic E-state index is 5.48. The highest BCUT2D eigenvalue weighted by molar-refractivity contribution is 7.71. The first-order chi connectivity index (χ1) is 13.6. The van der Waals surface area contributed by atoms with E-state index in [-0.39, 0.29) is 0 Å². The Morgan fingerprint density at radius 1 is 1.00 bits per heavy atom. The van der Waals surface area contributed by atoms with Crippen molar-refractivity contribution in [2.24, 2.45) is 5.10 Å². The van der Waals surface area contributed by atoms with Crippen LogP contribution >= 0.6 is 12.2 Å². The Morgan fingerprint density at radius 3 is 2.46 bits per heavy atom. The van der Waals surface area contributed by atoms with E-state index in [2.05, 4.69) is 15.3 Å². The quantitative estimate of drug-likeness (QED) is 0.483. The highest BCUT2D eigenvalue weighted by Gasteiger charge is 2.15. The van der Waals surface area contributed by atoms with Crippen LogP contribution in [0.2, 0.25) is 0 Å². The molecule has 28 heavy (non-hydrogen) atoms. The second-order valence-corrected chi connectivity index (χ2v) is 5.95. The number of H-pyrrole nitrogens is 1. The molecule has 2 aromatic carbocycles. The summed E-state index contributed by atoms with van der Waals surface area (Å²) in [5.41, 5.74) is 1.50. The fourth-order valence-electron chi connectivity index (χ4n) is 2.69. The fraction of sp³-hybridized carbons (Fsp3) is 0.211. The standard InChI is InChI=1S/C19H20N4O4S/c1-24-14-7-5-6-12(10-14)18-21-22-19(28)23(18)20-11-13-8-9-15(25-2)17(27-4)16(13)26-3/h5-11H,1-4H3,(H,22,28). The minimum Gasteiger partial charge on any atom is -0.497 e. The molecule has 0 aliphatic rings. The molecule has 0 amide bonds. The lowest BCUT2D eigenvalue weighted by Crippen LogP contribution is -2.00. The predicted molar refractivity (Wildman–Crippen MR) is 108 cm³/mol. The Hall–Kier alpha value is -3.33. The highest BCUT2D eigenvalue weighted by Crippen LogP contribution is 2.39. The number of methoxy groups -OCH3 is 4. The summed E-state index contributed by atoms with van der Waals surface area (Å²) in [6, 6.07) is 11.1. The number of benzene rings is 2. The number of aromatic nitrogens is 3. The van der Waals surface area contributed by atoms with Gasteiger partial charge in [0.15, 0.2) is 17.3 Å². The second-order valence-electron chi connectivity index (χ2n) is 5.56. The Balaban J connectivity index is 2.05. The van der Waals surface area contributed by atoms with Crippen LogP contribution in [0.5, 0.6) is 23.0 Å². The minimum atomic E-state index is 0.355. The number of hydrogen-bond donors (Lipinski definition) is 1. The first-order valence-corrected chi connectivity index (χ1v) is 8.69. The molecule has 146 valence electrons. The average molecular weight is 400 g/mol. The van der Waals surface area contributed by atoms with E-state index in [0.717, 1.165) is 5.56 Å². The van der Waals surface area contributed by atoms with E-state index in [1.54, 1.807) is 40.7 Å². The largest absolute Gasteiger partial charge is 0.497 e. The smallest absolute Gasteiger partial charge is 0.216 e. The molecular weight excluding hydrogens is 380 g/mol. The molecule has 0 spiro atoms. The van der Waals surface area contributed by atoms with Crippen molar-refractivity contribution in [2.75, 3.05) is 28.4 Å². The Bertz CT molecular complexity index is 1060. The summed E-state index contributed by atoms with van der Waals surface area (Å²) in [5.74, 6) is 2.82. The van der Waals surface area contributed by atoms with Gasteiger partial charge < -0.3 is 18.9 Å². The Labute approximate surface area is 167 Å². The zero-order valence-electron chi connectivity index (χ0n) is 15.9. The minimum absolute atomic E-state index is 0.355. The second kappa shape index (κ2) is 8.57.